The van der Waals surface area contributed by atoms with Gasteiger partial charge in [-0.15, -0.1) is 0 Å². The largest absolute Gasteiger partial charge is 0.369 e. The number of benzene rings is 1. The Bertz CT molecular complexity index is 405. The molecule has 2 rings (SSSR count). The number of halogens is 1. The van der Waals surface area contributed by atoms with Gasteiger partial charge >= 0.3 is 0 Å². The molecule has 1 aliphatic carbocycles. The zero-order chi connectivity index (χ0) is 13.1. The second kappa shape index (κ2) is 5.70. The molecule has 1 aliphatic rings. The first-order chi connectivity index (χ1) is 8.63. The molecular weight excluding hydrogens is 227 g/mol. The van der Waals surface area contributed by atoms with E-state index in [2.05, 4.69) is 11.8 Å². The van der Waals surface area contributed by atoms with Gasteiger partial charge in [0.1, 0.15) is 5.82 Å². The molecule has 0 saturated heterocycles. The van der Waals surface area contributed by atoms with E-state index in [4.69, 9.17) is 5.73 Å². The zero-order valence-corrected chi connectivity index (χ0v) is 11.3. The first-order valence-corrected chi connectivity index (χ1v) is 6.83. The second-order valence-electron chi connectivity index (χ2n) is 5.49. The maximum absolute atomic E-state index is 14.0. The molecule has 0 spiro atoms. The molecule has 0 aliphatic heterocycles. The van der Waals surface area contributed by atoms with Gasteiger partial charge in [0.15, 0.2) is 0 Å². The SMILES string of the molecule is CC1CCCC(N(C)c2c(F)cccc2CN)C1. The van der Waals surface area contributed by atoms with Crippen molar-refractivity contribution >= 4 is 5.69 Å². The van der Waals surface area contributed by atoms with E-state index in [9.17, 15) is 4.39 Å². The monoisotopic (exact) mass is 250 g/mol. The van der Waals surface area contributed by atoms with Crippen molar-refractivity contribution in [2.24, 2.45) is 11.7 Å². The predicted octanol–water partition coefficient (Wildman–Crippen LogP) is 3.30. The van der Waals surface area contributed by atoms with Gasteiger partial charge in [-0.3, -0.25) is 0 Å². The highest BCUT2D eigenvalue weighted by Gasteiger charge is 2.25. The zero-order valence-electron chi connectivity index (χ0n) is 11.3. The molecule has 1 fully saturated rings. The van der Waals surface area contributed by atoms with Crippen LogP contribution in [0.1, 0.15) is 38.2 Å². The number of nitrogens with two attached hydrogens (primary N) is 1. The minimum atomic E-state index is -0.154. The summed E-state index contributed by atoms with van der Waals surface area (Å²) in [6.45, 7) is 2.67. The second-order valence-corrected chi connectivity index (χ2v) is 5.49. The van der Waals surface area contributed by atoms with Crippen LogP contribution in [0, 0.1) is 11.7 Å². The van der Waals surface area contributed by atoms with Gasteiger partial charge in [0.25, 0.3) is 0 Å². The minimum Gasteiger partial charge on any atom is -0.369 e. The van der Waals surface area contributed by atoms with Crippen LogP contribution >= 0.6 is 0 Å². The molecule has 2 unspecified atom stereocenters. The molecule has 0 radical (unpaired) electrons. The number of para-hydroxylation sites is 1. The van der Waals surface area contributed by atoms with E-state index in [1.807, 2.05) is 13.1 Å². The van der Waals surface area contributed by atoms with Crippen LogP contribution in [0.5, 0.6) is 0 Å². The van der Waals surface area contributed by atoms with Gasteiger partial charge in [-0.25, -0.2) is 4.39 Å². The molecule has 0 amide bonds. The molecule has 0 bridgehead atoms. The molecule has 1 aromatic rings. The van der Waals surface area contributed by atoms with E-state index >= 15 is 0 Å². The maximum Gasteiger partial charge on any atom is 0.146 e. The van der Waals surface area contributed by atoms with Gasteiger partial charge in [-0.1, -0.05) is 31.9 Å². The van der Waals surface area contributed by atoms with Crippen LogP contribution in [0.4, 0.5) is 10.1 Å². The number of nitrogens with zero attached hydrogens (tertiary/aromatic N) is 1. The number of anilines is 1. The summed E-state index contributed by atoms with van der Waals surface area (Å²) in [7, 11) is 2.00. The highest BCUT2D eigenvalue weighted by atomic mass is 19.1. The third kappa shape index (κ3) is 2.66. The highest BCUT2D eigenvalue weighted by molar-refractivity contribution is 5.55. The van der Waals surface area contributed by atoms with Crippen LogP contribution in [-0.4, -0.2) is 13.1 Å². The molecule has 0 heterocycles. The van der Waals surface area contributed by atoms with Crippen molar-refractivity contribution in [2.45, 2.75) is 45.2 Å². The molecular formula is C15H23FN2. The van der Waals surface area contributed by atoms with E-state index < -0.39 is 0 Å². The molecule has 3 heteroatoms. The molecule has 100 valence electrons. The number of hydrogen-bond acceptors (Lipinski definition) is 2. The molecule has 0 aromatic heterocycles. The quantitative estimate of drug-likeness (QED) is 0.892. The Balaban J connectivity index is 2.24. The molecule has 1 aromatic carbocycles. The van der Waals surface area contributed by atoms with E-state index in [1.54, 1.807) is 6.07 Å². The Hall–Kier alpha value is -1.09. The summed E-state index contributed by atoms with van der Waals surface area (Å²) >= 11 is 0. The summed E-state index contributed by atoms with van der Waals surface area (Å²) in [4.78, 5) is 2.10. The summed E-state index contributed by atoms with van der Waals surface area (Å²) in [5.74, 6) is 0.581. The van der Waals surface area contributed by atoms with Crippen LogP contribution in [0.25, 0.3) is 0 Å². The first kappa shape index (κ1) is 13.3. The number of rotatable bonds is 3. The van der Waals surface area contributed by atoms with E-state index in [-0.39, 0.29) is 5.82 Å². The van der Waals surface area contributed by atoms with Crippen LogP contribution < -0.4 is 10.6 Å². The highest BCUT2D eigenvalue weighted by Crippen LogP contribution is 2.32. The van der Waals surface area contributed by atoms with Gasteiger partial charge in [0.2, 0.25) is 0 Å². The lowest BCUT2D eigenvalue weighted by Gasteiger charge is -2.36. The molecule has 18 heavy (non-hydrogen) atoms. The van der Waals surface area contributed by atoms with Crippen molar-refractivity contribution in [3.8, 4) is 0 Å². The van der Waals surface area contributed by atoms with Crippen molar-refractivity contribution in [1.29, 1.82) is 0 Å². The van der Waals surface area contributed by atoms with E-state index in [0.717, 1.165) is 24.3 Å². The lowest BCUT2D eigenvalue weighted by molar-refractivity contribution is 0.335. The fraction of sp³-hybridized carbons (Fsp3) is 0.600. The minimum absolute atomic E-state index is 0.154. The summed E-state index contributed by atoms with van der Waals surface area (Å²) < 4.78 is 14.0. The normalized spacial score (nSPS) is 24.0. The Morgan fingerprint density at radius 1 is 1.39 bits per heavy atom. The lowest BCUT2D eigenvalue weighted by Crippen LogP contribution is -2.36. The van der Waals surface area contributed by atoms with Crippen molar-refractivity contribution in [2.75, 3.05) is 11.9 Å². The first-order valence-electron chi connectivity index (χ1n) is 6.83. The topological polar surface area (TPSA) is 29.3 Å². The van der Waals surface area contributed by atoms with Gasteiger partial charge < -0.3 is 10.6 Å². The van der Waals surface area contributed by atoms with Gasteiger partial charge in [-0.05, 0) is 30.4 Å². The Labute approximate surface area is 109 Å². The summed E-state index contributed by atoms with van der Waals surface area (Å²) in [5.41, 5.74) is 7.31. The Morgan fingerprint density at radius 3 is 2.83 bits per heavy atom. The third-order valence-corrected chi connectivity index (χ3v) is 4.10. The summed E-state index contributed by atoms with van der Waals surface area (Å²) in [5, 5.41) is 0. The fourth-order valence-corrected chi connectivity index (χ4v) is 3.06. The van der Waals surface area contributed by atoms with E-state index in [0.29, 0.717) is 18.3 Å². The van der Waals surface area contributed by atoms with Crippen molar-refractivity contribution in [1.82, 2.24) is 0 Å². The van der Waals surface area contributed by atoms with Gasteiger partial charge in [-0.2, -0.15) is 0 Å². The van der Waals surface area contributed by atoms with Crippen molar-refractivity contribution in [3.63, 3.8) is 0 Å². The predicted molar refractivity (Wildman–Crippen MR) is 74.1 cm³/mol. The standard InChI is InChI=1S/C15H23FN2/c1-11-5-3-7-13(9-11)18(2)15-12(10-17)6-4-8-14(15)16/h4,6,8,11,13H,3,5,7,9-10,17H2,1-2H3. The van der Waals surface area contributed by atoms with Crippen LogP contribution in [0.2, 0.25) is 0 Å². The molecule has 2 atom stereocenters. The van der Waals surface area contributed by atoms with Crippen LogP contribution in [0.3, 0.4) is 0 Å². The average molecular weight is 250 g/mol. The summed E-state index contributed by atoms with van der Waals surface area (Å²) in [6.07, 6.45) is 4.84. The van der Waals surface area contributed by atoms with Crippen molar-refractivity contribution in [3.05, 3.63) is 29.6 Å². The third-order valence-electron chi connectivity index (χ3n) is 4.10. The van der Waals surface area contributed by atoms with Gasteiger partial charge in [0, 0.05) is 19.6 Å². The molecule has 1 saturated carbocycles. The molecule has 2 N–H and O–H groups in total. The Kier molecular flexibility index (Phi) is 4.23. The van der Waals surface area contributed by atoms with Crippen LogP contribution in [0.15, 0.2) is 18.2 Å². The lowest BCUT2D eigenvalue weighted by atomic mass is 9.86. The van der Waals surface area contributed by atoms with Crippen molar-refractivity contribution < 1.29 is 4.39 Å². The smallest absolute Gasteiger partial charge is 0.146 e. The number of hydrogen-bond donors (Lipinski definition) is 1. The van der Waals surface area contributed by atoms with Crippen LogP contribution in [-0.2, 0) is 6.54 Å². The maximum atomic E-state index is 14.0. The fourth-order valence-electron chi connectivity index (χ4n) is 3.06. The summed E-state index contributed by atoms with van der Waals surface area (Å²) in [6, 6.07) is 5.62. The average Bonchev–Trinajstić information content (AvgIpc) is 2.37. The Morgan fingerprint density at radius 2 is 2.17 bits per heavy atom. The molecule has 2 nitrogen and oxygen atoms in total. The van der Waals surface area contributed by atoms with E-state index in [1.165, 1.54) is 18.9 Å². The van der Waals surface area contributed by atoms with Gasteiger partial charge in [0.05, 0.1) is 5.69 Å².